The van der Waals surface area contributed by atoms with Crippen molar-refractivity contribution in [3.05, 3.63) is 24.3 Å². The lowest BCUT2D eigenvalue weighted by atomic mass is 10.2. The maximum absolute atomic E-state index is 11.8. The van der Waals surface area contributed by atoms with Crippen LogP contribution >= 0.6 is 11.8 Å². The van der Waals surface area contributed by atoms with Crippen LogP contribution in [0.1, 0.15) is 20.8 Å². The third-order valence-corrected chi connectivity index (χ3v) is 3.47. The molecule has 0 heterocycles. The zero-order valence-electron chi connectivity index (χ0n) is 10.6. The minimum Gasteiger partial charge on any atom is -0.398 e. The normalized spacial score (nSPS) is 12.5. The van der Waals surface area contributed by atoms with E-state index in [1.807, 2.05) is 31.2 Å². The molecule has 0 aliphatic carbocycles. The van der Waals surface area contributed by atoms with Gasteiger partial charge in [-0.05, 0) is 25.0 Å². The molecule has 0 fully saturated rings. The van der Waals surface area contributed by atoms with Crippen molar-refractivity contribution in [2.75, 3.05) is 12.3 Å². The SMILES string of the molecule is CC(C)CNC(=O)C(C)Sc1ccccc1N. The zero-order valence-corrected chi connectivity index (χ0v) is 11.4. The third kappa shape index (κ3) is 4.69. The molecule has 0 aliphatic rings. The summed E-state index contributed by atoms with van der Waals surface area (Å²) in [5.74, 6) is 0.532. The molecule has 0 spiro atoms. The van der Waals surface area contributed by atoms with E-state index in [4.69, 9.17) is 5.73 Å². The summed E-state index contributed by atoms with van der Waals surface area (Å²) in [6.45, 7) is 6.77. The maximum Gasteiger partial charge on any atom is 0.233 e. The first-order chi connectivity index (χ1) is 8.00. The standard InChI is InChI=1S/C13H20N2OS/c1-9(2)8-15-13(16)10(3)17-12-7-5-4-6-11(12)14/h4-7,9-10H,8,14H2,1-3H3,(H,15,16). The van der Waals surface area contributed by atoms with Crippen LogP contribution < -0.4 is 11.1 Å². The van der Waals surface area contributed by atoms with Crippen LogP contribution in [0.3, 0.4) is 0 Å². The minimum atomic E-state index is -0.126. The number of carbonyl (C=O) groups is 1. The monoisotopic (exact) mass is 252 g/mol. The highest BCUT2D eigenvalue weighted by molar-refractivity contribution is 8.00. The second kappa shape index (κ2) is 6.55. The average Bonchev–Trinajstić information content (AvgIpc) is 2.28. The van der Waals surface area contributed by atoms with Crippen LogP contribution in [0.15, 0.2) is 29.2 Å². The molecular formula is C13H20N2OS. The van der Waals surface area contributed by atoms with Gasteiger partial charge in [-0.1, -0.05) is 26.0 Å². The van der Waals surface area contributed by atoms with Gasteiger partial charge in [-0.15, -0.1) is 11.8 Å². The lowest BCUT2D eigenvalue weighted by Crippen LogP contribution is -2.33. The van der Waals surface area contributed by atoms with Gasteiger partial charge >= 0.3 is 0 Å². The highest BCUT2D eigenvalue weighted by Crippen LogP contribution is 2.28. The number of hydrogen-bond acceptors (Lipinski definition) is 3. The number of amides is 1. The first kappa shape index (κ1) is 13.9. The van der Waals surface area contributed by atoms with Gasteiger partial charge in [0.25, 0.3) is 0 Å². The van der Waals surface area contributed by atoms with Crippen molar-refractivity contribution in [2.24, 2.45) is 5.92 Å². The van der Waals surface area contributed by atoms with E-state index in [1.54, 1.807) is 0 Å². The Kier molecular flexibility index (Phi) is 5.35. The minimum absolute atomic E-state index is 0.0620. The molecule has 17 heavy (non-hydrogen) atoms. The molecule has 3 N–H and O–H groups in total. The molecule has 0 aliphatic heterocycles. The molecule has 1 aromatic carbocycles. The van der Waals surface area contributed by atoms with E-state index in [9.17, 15) is 4.79 Å². The van der Waals surface area contributed by atoms with Gasteiger partial charge in [-0.3, -0.25) is 4.79 Å². The van der Waals surface area contributed by atoms with Crippen LogP contribution in [0.25, 0.3) is 0 Å². The number of para-hydroxylation sites is 1. The van der Waals surface area contributed by atoms with Crippen molar-refractivity contribution < 1.29 is 4.79 Å². The molecule has 4 heteroatoms. The summed E-state index contributed by atoms with van der Waals surface area (Å²) in [4.78, 5) is 12.7. The van der Waals surface area contributed by atoms with Crippen molar-refractivity contribution in [1.29, 1.82) is 0 Å². The summed E-state index contributed by atoms with van der Waals surface area (Å²) in [6.07, 6.45) is 0. The van der Waals surface area contributed by atoms with Gasteiger partial charge in [0.2, 0.25) is 5.91 Å². The summed E-state index contributed by atoms with van der Waals surface area (Å²) < 4.78 is 0. The molecule has 0 radical (unpaired) electrons. The largest absolute Gasteiger partial charge is 0.398 e. The summed E-state index contributed by atoms with van der Waals surface area (Å²) in [5.41, 5.74) is 6.56. The van der Waals surface area contributed by atoms with Crippen LogP contribution in [-0.4, -0.2) is 17.7 Å². The van der Waals surface area contributed by atoms with E-state index in [2.05, 4.69) is 19.2 Å². The van der Waals surface area contributed by atoms with Gasteiger partial charge in [0, 0.05) is 17.1 Å². The van der Waals surface area contributed by atoms with Crippen LogP contribution in [0.4, 0.5) is 5.69 Å². The average molecular weight is 252 g/mol. The molecular weight excluding hydrogens is 232 g/mol. The van der Waals surface area contributed by atoms with Crippen LogP contribution in [0.5, 0.6) is 0 Å². The van der Waals surface area contributed by atoms with E-state index in [0.717, 1.165) is 10.6 Å². The Morgan fingerprint density at radius 3 is 2.59 bits per heavy atom. The Morgan fingerprint density at radius 2 is 2.00 bits per heavy atom. The van der Waals surface area contributed by atoms with Gasteiger partial charge in [-0.2, -0.15) is 0 Å². The predicted octanol–water partition coefficient (Wildman–Crippen LogP) is 2.52. The Bertz CT molecular complexity index is 379. The second-order valence-corrected chi connectivity index (χ2v) is 5.82. The van der Waals surface area contributed by atoms with E-state index in [0.29, 0.717) is 12.5 Å². The molecule has 1 rings (SSSR count). The topological polar surface area (TPSA) is 55.1 Å². The summed E-state index contributed by atoms with van der Waals surface area (Å²) in [6, 6.07) is 7.60. The Morgan fingerprint density at radius 1 is 1.35 bits per heavy atom. The molecule has 3 nitrogen and oxygen atoms in total. The van der Waals surface area contributed by atoms with Gasteiger partial charge in [0.15, 0.2) is 0 Å². The predicted molar refractivity (Wildman–Crippen MR) is 74.0 cm³/mol. The quantitative estimate of drug-likeness (QED) is 0.625. The molecule has 0 saturated carbocycles. The summed E-state index contributed by atoms with van der Waals surface area (Å²) in [5, 5.41) is 2.79. The molecule has 94 valence electrons. The van der Waals surface area contributed by atoms with Crippen molar-refractivity contribution in [3.8, 4) is 0 Å². The van der Waals surface area contributed by atoms with Crippen molar-refractivity contribution in [3.63, 3.8) is 0 Å². The number of hydrogen-bond donors (Lipinski definition) is 2. The third-order valence-electron chi connectivity index (χ3n) is 2.28. The zero-order chi connectivity index (χ0) is 12.8. The van der Waals surface area contributed by atoms with Crippen LogP contribution in [-0.2, 0) is 4.79 Å². The number of benzene rings is 1. The molecule has 1 aromatic rings. The highest BCUT2D eigenvalue weighted by atomic mass is 32.2. The number of anilines is 1. The number of thioether (sulfide) groups is 1. The fourth-order valence-electron chi connectivity index (χ4n) is 1.28. The number of nitrogen functional groups attached to an aromatic ring is 1. The van der Waals surface area contributed by atoms with Crippen molar-refractivity contribution in [1.82, 2.24) is 5.32 Å². The summed E-state index contributed by atoms with van der Waals surface area (Å²) >= 11 is 1.49. The molecule has 1 unspecified atom stereocenters. The fourth-order valence-corrected chi connectivity index (χ4v) is 2.21. The number of carbonyl (C=O) groups excluding carboxylic acids is 1. The lowest BCUT2D eigenvalue weighted by Gasteiger charge is -2.14. The Labute approximate surface area is 107 Å². The van der Waals surface area contributed by atoms with Crippen LogP contribution in [0, 0.1) is 5.92 Å². The first-order valence-electron chi connectivity index (χ1n) is 5.79. The second-order valence-electron chi connectivity index (χ2n) is 4.44. The number of rotatable bonds is 5. The Balaban J connectivity index is 2.51. The van der Waals surface area contributed by atoms with E-state index in [-0.39, 0.29) is 11.2 Å². The van der Waals surface area contributed by atoms with E-state index >= 15 is 0 Å². The van der Waals surface area contributed by atoms with Gasteiger partial charge in [0.1, 0.15) is 0 Å². The van der Waals surface area contributed by atoms with Crippen molar-refractivity contribution >= 4 is 23.4 Å². The van der Waals surface area contributed by atoms with E-state index < -0.39 is 0 Å². The lowest BCUT2D eigenvalue weighted by molar-refractivity contribution is -0.120. The summed E-state index contributed by atoms with van der Waals surface area (Å²) in [7, 11) is 0. The maximum atomic E-state index is 11.8. The molecule has 0 aromatic heterocycles. The Hall–Kier alpha value is -1.16. The number of nitrogens with two attached hydrogens (primary N) is 1. The van der Waals surface area contributed by atoms with Gasteiger partial charge in [-0.25, -0.2) is 0 Å². The van der Waals surface area contributed by atoms with Gasteiger partial charge in [0.05, 0.1) is 5.25 Å². The fraction of sp³-hybridized carbons (Fsp3) is 0.462. The molecule has 0 bridgehead atoms. The molecule has 1 amide bonds. The first-order valence-corrected chi connectivity index (χ1v) is 6.67. The molecule has 0 saturated heterocycles. The van der Waals surface area contributed by atoms with Crippen molar-refractivity contribution in [2.45, 2.75) is 30.9 Å². The van der Waals surface area contributed by atoms with E-state index in [1.165, 1.54) is 11.8 Å². The smallest absolute Gasteiger partial charge is 0.233 e. The highest BCUT2D eigenvalue weighted by Gasteiger charge is 2.15. The van der Waals surface area contributed by atoms with Crippen LogP contribution in [0.2, 0.25) is 0 Å². The van der Waals surface area contributed by atoms with Gasteiger partial charge < -0.3 is 11.1 Å². The number of nitrogens with one attached hydrogen (secondary N) is 1. The molecule has 1 atom stereocenters.